The number of aromatic nitrogens is 2. The summed E-state index contributed by atoms with van der Waals surface area (Å²) >= 11 is 1.71. The summed E-state index contributed by atoms with van der Waals surface area (Å²) in [5.74, 6) is 0. The Bertz CT molecular complexity index is 319. The third-order valence-electron chi connectivity index (χ3n) is 2.96. The molecule has 2 rings (SSSR count). The van der Waals surface area contributed by atoms with Crippen molar-refractivity contribution in [2.45, 2.75) is 44.8 Å². The van der Waals surface area contributed by atoms with E-state index >= 15 is 0 Å². The zero-order chi connectivity index (χ0) is 11.4. The highest BCUT2D eigenvalue weighted by molar-refractivity contribution is 7.11. The van der Waals surface area contributed by atoms with Crippen LogP contribution in [0.4, 0.5) is 0 Å². The van der Waals surface area contributed by atoms with Crippen LogP contribution in [0.1, 0.15) is 42.2 Å². The van der Waals surface area contributed by atoms with E-state index in [0.717, 1.165) is 35.9 Å². The quantitative estimate of drug-likeness (QED) is 0.855. The molecule has 0 amide bonds. The van der Waals surface area contributed by atoms with Gasteiger partial charge in [0.05, 0.1) is 12.1 Å². The van der Waals surface area contributed by atoms with Gasteiger partial charge in [-0.3, -0.25) is 0 Å². The summed E-state index contributed by atoms with van der Waals surface area (Å²) < 4.78 is 5.60. The lowest BCUT2D eigenvalue weighted by Crippen LogP contribution is -2.14. The molecule has 5 heteroatoms. The molecule has 2 atom stereocenters. The zero-order valence-electron chi connectivity index (χ0n) is 9.90. The fraction of sp³-hybridized carbons (Fsp3) is 0.818. The van der Waals surface area contributed by atoms with Gasteiger partial charge in [-0.05, 0) is 26.3 Å². The van der Waals surface area contributed by atoms with Gasteiger partial charge in [0.2, 0.25) is 0 Å². The molecule has 1 N–H and O–H groups in total. The number of nitrogens with one attached hydrogen (secondary N) is 1. The van der Waals surface area contributed by atoms with Crippen LogP contribution in [0.15, 0.2) is 0 Å². The fourth-order valence-electron chi connectivity index (χ4n) is 1.99. The Morgan fingerprint density at radius 1 is 1.56 bits per heavy atom. The molecule has 16 heavy (non-hydrogen) atoms. The average molecular weight is 241 g/mol. The minimum Gasteiger partial charge on any atom is -0.378 e. The topological polar surface area (TPSA) is 47.0 Å². The third kappa shape index (κ3) is 2.78. The van der Waals surface area contributed by atoms with Gasteiger partial charge >= 0.3 is 0 Å². The van der Waals surface area contributed by atoms with Crippen molar-refractivity contribution in [3.63, 3.8) is 0 Å². The van der Waals surface area contributed by atoms with Crippen LogP contribution in [0, 0.1) is 0 Å². The Morgan fingerprint density at radius 3 is 3.06 bits per heavy atom. The van der Waals surface area contributed by atoms with Crippen LogP contribution < -0.4 is 5.32 Å². The Balaban J connectivity index is 1.95. The highest BCUT2D eigenvalue weighted by Crippen LogP contribution is 2.23. The predicted octanol–water partition coefficient (Wildman–Crippen LogP) is 1.93. The van der Waals surface area contributed by atoms with E-state index in [1.165, 1.54) is 6.42 Å². The van der Waals surface area contributed by atoms with Gasteiger partial charge in [0.15, 0.2) is 0 Å². The van der Waals surface area contributed by atoms with Crippen molar-refractivity contribution >= 4 is 11.3 Å². The zero-order valence-corrected chi connectivity index (χ0v) is 10.7. The molecule has 2 unspecified atom stereocenters. The van der Waals surface area contributed by atoms with Crippen LogP contribution in [0.2, 0.25) is 0 Å². The lowest BCUT2D eigenvalue weighted by Gasteiger charge is -2.08. The van der Waals surface area contributed by atoms with Gasteiger partial charge in [0.1, 0.15) is 10.0 Å². The molecule has 2 heterocycles. The van der Waals surface area contributed by atoms with E-state index in [-0.39, 0.29) is 0 Å². The van der Waals surface area contributed by atoms with Crippen molar-refractivity contribution in [1.29, 1.82) is 0 Å². The van der Waals surface area contributed by atoms with E-state index in [1.807, 2.05) is 7.05 Å². The maximum absolute atomic E-state index is 5.60. The molecule has 1 aromatic rings. The Labute approximate surface area is 100 Å². The van der Waals surface area contributed by atoms with E-state index in [1.54, 1.807) is 11.3 Å². The second-order valence-corrected chi connectivity index (χ2v) is 5.22. The summed E-state index contributed by atoms with van der Waals surface area (Å²) in [4.78, 5) is 0. The Morgan fingerprint density at radius 2 is 2.44 bits per heavy atom. The molecule has 0 saturated carbocycles. The van der Waals surface area contributed by atoms with Gasteiger partial charge in [-0.25, -0.2) is 0 Å². The van der Waals surface area contributed by atoms with Crippen LogP contribution in [0.25, 0.3) is 0 Å². The molecular formula is C11H19N3OS. The molecule has 1 aliphatic heterocycles. The van der Waals surface area contributed by atoms with Gasteiger partial charge in [-0.1, -0.05) is 18.3 Å². The first-order chi connectivity index (χ1) is 7.83. The number of ether oxygens (including phenoxy) is 1. The normalized spacial score (nSPS) is 22.5. The summed E-state index contributed by atoms with van der Waals surface area (Å²) in [6, 6.07) is 0.343. The number of hydrogen-bond donors (Lipinski definition) is 1. The molecule has 0 bridgehead atoms. The van der Waals surface area contributed by atoms with Gasteiger partial charge in [-0.15, -0.1) is 10.2 Å². The largest absolute Gasteiger partial charge is 0.378 e. The molecule has 1 saturated heterocycles. The standard InChI is InChI=1S/C11H19N3OS/c1-3-9(12-2)11-14-13-10(16-11)7-8-5-4-6-15-8/h8-9,12H,3-7H2,1-2H3. The van der Waals surface area contributed by atoms with Crippen molar-refractivity contribution in [2.75, 3.05) is 13.7 Å². The number of rotatable bonds is 5. The molecule has 1 aliphatic rings. The van der Waals surface area contributed by atoms with E-state index < -0.39 is 0 Å². The van der Waals surface area contributed by atoms with E-state index in [9.17, 15) is 0 Å². The lowest BCUT2D eigenvalue weighted by molar-refractivity contribution is 0.111. The van der Waals surface area contributed by atoms with Crippen LogP contribution in [0.5, 0.6) is 0 Å². The van der Waals surface area contributed by atoms with Crippen LogP contribution >= 0.6 is 11.3 Å². The molecule has 4 nitrogen and oxygen atoms in total. The summed E-state index contributed by atoms with van der Waals surface area (Å²) in [5.41, 5.74) is 0. The maximum atomic E-state index is 5.60. The van der Waals surface area contributed by atoms with Gasteiger partial charge < -0.3 is 10.1 Å². The monoisotopic (exact) mass is 241 g/mol. The Kier molecular flexibility index (Phi) is 4.26. The van der Waals surface area contributed by atoms with E-state index in [0.29, 0.717) is 12.1 Å². The second kappa shape index (κ2) is 5.70. The van der Waals surface area contributed by atoms with Crippen molar-refractivity contribution in [2.24, 2.45) is 0 Å². The molecular weight excluding hydrogens is 222 g/mol. The maximum Gasteiger partial charge on any atom is 0.134 e. The van der Waals surface area contributed by atoms with Gasteiger partial charge in [0.25, 0.3) is 0 Å². The summed E-state index contributed by atoms with van der Waals surface area (Å²) in [5, 5.41) is 13.9. The van der Waals surface area contributed by atoms with Gasteiger partial charge in [-0.2, -0.15) is 0 Å². The molecule has 0 spiro atoms. The van der Waals surface area contributed by atoms with Crippen molar-refractivity contribution in [3.8, 4) is 0 Å². The number of nitrogens with zero attached hydrogens (tertiary/aromatic N) is 2. The molecule has 90 valence electrons. The first-order valence-corrected chi connectivity index (χ1v) is 6.76. The van der Waals surface area contributed by atoms with Gasteiger partial charge in [0, 0.05) is 13.0 Å². The summed E-state index contributed by atoms with van der Waals surface area (Å²) in [6.07, 6.45) is 4.70. The molecule has 1 aromatic heterocycles. The predicted molar refractivity (Wildman–Crippen MR) is 64.7 cm³/mol. The molecule has 1 fully saturated rings. The third-order valence-corrected chi connectivity index (χ3v) is 4.02. The molecule has 0 aromatic carbocycles. The van der Waals surface area contributed by atoms with Crippen molar-refractivity contribution in [1.82, 2.24) is 15.5 Å². The van der Waals surface area contributed by atoms with E-state index in [2.05, 4.69) is 22.4 Å². The summed E-state index contributed by atoms with van der Waals surface area (Å²) in [7, 11) is 1.97. The van der Waals surface area contributed by atoms with Crippen LogP contribution in [0.3, 0.4) is 0 Å². The first-order valence-electron chi connectivity index (χ1n) is 5.94. The number of hydrogen-bond acceptors (Lipinski definition) is 5. The van der Waals surface area contributed by atoms with Crippen LogP contribution in [-0.2, 0) is 11.2 Å². The Hall–Kier alpha value is -0.520. The minimum atomic E-state index is 0.343. The minimum absolute atomic E-state index is 0.343. The smallest absolute Gasteiger partial charge is 0.134 e. The van der Waals surface area contributed by atoms with Crippen molar-refractivity contribution in [3.05, 3.63) is 10.0 Å². The molecule has 0 aliphatic carbocycles. The average Bonchev–Trinajstić information content (AvgIpc) is 2.93. The highest BCUT2D eigenvalue weighted by Gasteiger charge is 2.19. The first kappa shape index (κ1) is 12.0. The fourth-order valence-corrected chi connectivity index (χ4v) is 3.09. The van der Waals surface area contributed by atoms with E-state index in [4.69, 9.17) is 4.74 Å². The second-order valence-electron chi connectivity index (χ2n) is 4.12. The van der Waals surface area contributed by atoms with Crippen LogP contribution in [-0.4, -0.2) is 30.0 Å². The molecule has 0 radical (unpaired) electrons. The van der Waals surface area contributed by atoms with Crippen molar-refractivity contribution < 1.29 is 4.74 Å². The highest BCUT2D eigenvalue weighted by atomic mass is 32.1. The SMILES string of the molecule is CCC(NC)c1nnc(CC2CCCO2)s1. The summed E-state index contributed by atoms with van der Waals surface area (Å²) in [6.45, 7) is 3.06. The lowest BCUT2D eigenvalue weighted by atomic mass is 10.2.